The lowest BCUT2D eigenvalue weighted by Crippen LogP contribution is -2.37. The molecule has 1 heterocycles. The van der Waals surface area contributed by atoms with Crippen molar-refractivity contribution in [1.82, 2.24) is 9.88 Å². The van der Waals surface area contributed by atoms with Crippen molar-refractivity contribution in [2.45, 2.75) is 41.0 Å². The topological polar surface area (TPSA) is 57.9 Å². The SMILES string of the molecule is Cc1cc(=N)n(C(=O)NCCC(C)(C)C)cc1C. The number of nitrogens with zero attached hydrogens (tertiary/aromatic N) is 1. The highest BCUT2D eigenvalue weighted by Gasteiger charge is 2.11. The number of aryl methyl sites for hydroxylation is 2. The van der Waals surface area contributed by atoms with Gasteiger partial charge in [0.05, 0.1) is 0 Å². The first-order valence-electron chi connectivity index (χ1n) is 6.23. The third-order valence-corrected chi connectivity index (χ3v) is 2.93. The molecule has 1 aromatic rings. The summed E-state index contributed by atoms with van der Waals surface area (Å²) in [6.07, 6.45) is 2.63. The molecule has 0 aliphatic carbocycles. The van der Waals surface area contributed by atoms with Gasteiger partial charge < -0.3 is 5.32 Å². The van der Waals surface area contributed by atoms with Crippen LogP contribution >= 0.6 is 0 Å². The molecule has 0 bridgehead atoms. The van der Waals surface area contributed by atoms with Crippen LogP contribution in [-0.4, -0.2) is 17.1 Å². The van der Waals surface area contributed by atoms with E-state index in [4.69, 9.17) is 5.41 Å². The number of pyridine rings is 1. The van der Waals surface area contributed by atoms with E-state index in [-0.39, 0.29) is 16.9 Å². The monoisotopic (exact) mass is 249 g/mol. The first-order chi connectivity index (χ1) is 8.20. The molecule has 4 heteroatoms. The fraction of sp³-hybridized carbons (Fsp3) is 0.571. The normalized spacial score (nSPS) is 11.4. The summed E-state index contributed by atoms with van der Waals surface area (Å²) in [5.41, 5.74) is 2.45. The molecule has 0 aliphatic rings. The Bertz CT molecular complexity index is 495. The predicted octanol–water partition coefficient (Wildman–Crippen LogP) is 2.58. The Morgan fingerprint density at radius 1 is 1.33 bits per heavy atom. The van der Waals surface area contributed by atoms with Crippen LogP contribution in [0.2, 0.25) is 0 Å². The van der Waals surface area contributed by atoms with Crippen LogP contribution in [0.15, 0.2) is 12.3 Å². The number of rotatable bonds is 2. The Hall–Kier alpha value is -1.58. The van der Waals surface area contributed by atoms with Gasteiger partial charge >= 0.3 is 6.03 Å². The van der Waals surface area contributed by atoms with Crippen molar-refractivity contribution in [3.8, 4) is 0 Å². The van der Waals surface area contributed by atoms with Crippen molar-refractivity contribution in [3.05, 3.63) is 28.9 Å². The van der Waals surface area contributed by atoms with Gasteiger partial charge in [0.1, 0.15) is 5.49 Å². The fourth-order valence-corrected chi connectivity index (χ4v) is 1.55. The standard InChI is InChI=1S/C14H23N3O/c1-10-8-12(15)17(9-11(10)2)13(18)16-7-6-14(3,4)5/h8-9,15H,6-7H2,1-5H3,(H,16,18). The molecule has 0 radical (unpaired) electrons. The summed E-state index contributed by atoms with van der Waals surface area (Å²) in [5.74, 6) is 0. The molecule has 1 amide bonds. The first-order valence-corrected chi connectivity index (χ1v) is 6.23. The van der Waals surface area contributed by atoms with Crippen molar-refractivity contribution in [2.24, 2.45) is 5.41 Å². The minimum absolute atomic E-state index is 0.199. The lowest BCUT2D eigenvalue weighted by molar-refractivity contribution is 0.239. The zero-order valence-corrected chi connectivity index (χ0v) is 11.9. The minimum atomic E-state index is -0.229. The summed E-state index contributed by atoms with van der Waals surface area (Å²) in [5, 5.41) is 10.6. The van der Waals surface area contributed by atoms with Gasteiger partial charge in [0, 0.05) is 12.7 Å². The van der Waals surface area contributed by atoms with Crippen LogP contribution < -0.4 is 10.8 Å². The highest BCUT2D eigenvalue weighted by atomic mass is 16.2. The molecule has 0 aliphatic heterocycles. The molecular weight excluding hydrogens is 226 g/mol. The summed E-state index contributed by atoms with van der Waals surface area (Å²) in [6, 6.07) is 1.48. The maximum atomic E-state index is 11.9. The second-order valence-electron chi connectivity index (χ2n) is 5.94. The highest BCUT2D eigenvalue weighted by Crippen LogP contribution is 2.16. The second-order valence-corrected chi connectivity index (χ2v) is 5.94. The maximum Gasteiger partial charge on any atom is 0.327 e. The molecule has 0 aromatic carbocycles. The van der Waals surface area contributed by atoms with Gasteiger partial charge in [-0.05, 0) is 42.9 Å². The van der Waals surface area contributed by atoms with E-state index in [1.807, 2.05) is 13.8 Å². The Morgan fingerprint density at radius 2 is 1.94 bits per heavy atom. The molecule has 0 fully saturated rings. The van der Waals surface area contributed by atoms with Crippen LogP contribution in [0.4, 0.5) is 4.79 Å². The molecule has 100 valence electrons. The zero-order valence-electron chi connectivity index (χ0n) is 11.9. The van der Waals surface area contributed by atoms with Crippen LogP contribution in [0.25, 0.3) is 0 Å². The van der Waals surface area contributed by atoms with Gasteiger partial charge in [0.25, 0.3) is 0 Å². The molecule has 0 saturated carbocycles. The lowest BCUT2D eigenvalue weighted by Gasteiger charge is -2.18. The van der Waals surface area contributed by atoms with E-state index in [2.05, 4.69) is 26.1 Å². The van der Waals surface area contributed by atoms with Crippen LogP contribution in [0, 0.1) is 24.7 Å². The van der Waals surface area contributed by atoms with Crippen molar-refractivity contribution >= 4 is 6.03 Å². The number of carbonyl (C=O) groups excluding carboxylic acids is 1. The fourth-order valence-electron chi connectivity index (χ4n) is 1.55. The summed E-state index contributed by atoms with van der Waals surface area (Å²) < 4.78 is 1.35. The third kappa shape index (κ3) is 4.02. The quantitative estimate of drug-likeness (QED) is 0.831. The van der Waals surface area contributed by atoms with Gasteiger partial charge in [-0.3, -0.25) is 9.98 Å². The first kappa shape index (κ1) is 14.5. The Labute approximate surface area is 109 Å². The number of hydrogen-bond donors (Lipinski definition) is 2. The van der Waals surface area contributed by atoms with Gasteiger partial charge in [0.2, 0.25) is 0 Å². The van der Waals surface area contributed by atoms with Crippen molar-refractivity contribution in [3.63, 3.8) is 0 Å². The lowest BCUT2D eigenvalue weighted by atomic mass is 9.92. The predicted molar refractivity (Wildman–Crippen MR) is 72.6 cm³/mol. The third-order valence-electron chi connectivity index (χ3n) is 2.93. The molecule has 0 spiro atoms. The van der Waals surface area contributed by atoms with Crippen LogP contribution in [0.5, 0.6) is 0 Å². The largest absolute Gasteiger partial charge is 0.337 e. The number of carbonyl (C=O) groups is 1. The van der Waals surface area contributed by atoms with Gasteiger partial charge in [0.15, 0.2) is 0 Å². The van der Waals surface area contributed by atoms with Crippen LogP contribution in [0.3, 0.4) is 0 Å². The highest BCUT2D eigenvalue weighted by molar-refractivity contribution is 5.76. The number of aromatic nitrogens is 1. The van der Waals surface area contributed by atoms with Gasteiger partial charge in [-0.15, -0.1) is 0 Å². The average molecular weight is 249 g/mol. The number of hydrogen-bond acceptors (Lipinski definition) is 2. The van der Waals surface area contributed by atoms with Crippen LogP contribution in [0.1, 0.15) is 38.3 Å². The summed E-state index contributed by atoms with van der Waals surface area (Å²) in [7, 11) is 0. The minimum Gasteiger partial charge on any atom is -0.337 e. The van der Waals surface area contributed by atoms with Gasteiger partial charge in [-0.2, -0.15) is 0 Å². The van der Waals surface area contributed by atoms with E-state index in [1.54, 1.807) is 12.3 Å². The van der Waals surface area contributed by atoms with Crippen molar-refractivity contribution in [2.75, 3.05) is 6.54 Å². The molecule has 2 N–H and O–H groups in total. The summed E-state index contributed by atoms with van der Waals surface area (Å²) in [4.78, 5) is 11.9. The van der Waals surface area contributed by atoms with Crippen molar-refractivity contribution < 1.29 is 4.79 Å². The molecule has 4 nitrogen and oxygen atoms in total. The summed E-state index contributed by atoms with van der Waals surface area (Å²) >= 11 is 0. The van der Waals surface area contributed by atoms with E-state index >= 15 is 0 Å². The molecule has 0 atom stereocenters. The molecule has 18 heavy (non-hydrogen) atoms. The summed E-state index contributed by atoms with van der Waals surface area (Å²) in [6.45, 7) is 10.9. The molecule has 0 saturated heterocycles. The number of amides is 1. The molecular formula is C14H23N3O. The number of nitrogens with one attached hydrogen (secondary N) is 2. The smallest absolute Gasteiger partial charge is 0.327 e. The van der Waals surface area contributed by atoms with Gasteiger partial charge in [-0.1, -0.05) is 20.8 Å². The van der Waals surface area contributed by atoms with E-state index in [9.17, 15) is 4.79 Å². The molecule has 1 rings (SSSR count). The van der Waals surface area contributed by atoms with E-state index < -0.39 is 0 Å². The Morgan fingerprint density at radius 3 is 2.50 bits per heavy atom. The Kier molecular flexibility index (Phi) is 4.33. The maximum absolute atomic E-state index is 11.9. The van der Waals surface area contributed by atoms with E-state index in [1.165, 1.54) is 4.57 Å². The second kappa shape index (κ2) is 5.38. The van der Waals surface area contributed by atoms with Crippen LogP contribution in [-0.2, 0) is 0 Å². The van der Waals surface area contributed by atoms with E-state index in [0.29, 0.717) is 6.54 Å². The van der Waals surface area contributed by atoms with E-state index in [0.717, 1.165) is 17.5 Å². The average Bonchev–Trinajstić information content (AvgIpc) is 2.21. The van der Waals surface area contributed by atoms with Crippen molar-refractivity contribution in [1.29, 1.82) is 5.41 Å². The molecule has 0 unspecified atom stereocenters. The van der Waals surface area contributed by atoms with Gasteiger partial charge in [-0.25, -0.2) is 4.79 Å². The zero-order chi connectivity index (χ0) is 13.9. The molecule has 1 aromatic heterocycles. The Balaban J connectivity index is 2.74.